The van der Waals surface area contributed by atoms with E-state index in [9.17, 15) is 37.1 Å². The molecule has 38 heavy (non-hydrogen) atoms. The Morgan fingerprint density at radius 2 is 1.24 bits per heavy atom. The summed E-state index contributed by atoms with van der Waals surface area (Å²) in [6.45, 7) is 0. The molecule has 0 atom stereocenters. The molecule has 2 N–H and O–H groups in total. The van der Waals surface area contributed by atoms with Gasteiger partial charge in [-0.05, 0) is 12.1 Å². The molecule has 0 aromatic heterocycles. The molecule has 0 radical (unpaired) electrons. The molecule has 0 amide bonds. The Morgan fingerprint density at radius 3 is 1.71 bits per heavy atom. The number of nitrogens with two attached hydrogens (primary N) is 1. The minimum atomic E-state index is -3.84. The van der Waals surface area contributed by atoms with Crippen molar-refractivity contribution in [2.75, 3.05) is 4.43 Å². The second kappa shape index (κ2) is 12.5. The Kier molecular flexibility index (Phi) is 9.64. The number of rotatable bonds is 6. The van der Waals surface area contributed by atoms with E-state index in [-0.39, 0.29) is 21.2 Å². The van der Waals surface area contributed by atoms with Crippen molar-refractivity contribution >= 4 is 55.0 Å². The van der Waals surface area contributed by atoms with Crippen LogP contribution in [0, 0.1) is 23.8 Å². The fraction of sp³-hybridized carbons (Fsp3) is 0.174. The number of hydrogen-bond acceptors (Lipinski definition) is 8. The number of nitrogens with zero attached hydrogens (tertiary/aromatic N) is 3. The van der Waals surface area contributed by atoms with Gasteiger partial charge in [-0.1, -0.05) is 0 Å². The molecule has 3 aromatic rings. The van der Waals surface area contributed by atoms with Crippen LogP contribution in [0.2, 0.25) is 0 Å². The predicted octanol–water partition coefficient (Wildman–Crippen LogP) is 4.48. The van der Waals surface area contributed by atoms with Crippen molar-refractivity contribution in [1.29, 1.82) is 0 Å². The second-order valence-corrected chi connectivity index (χ2v) is 16.6. The Labute approximate surface area is 226 Å². The molecule has 0 spiro atoms. The van der Waals surface area contributed by atoms with Crippen molar-refractivity contribution in [3.63, 3.8) is 0 Å². The predicted molar refractivity (Wildman–Crippen MR) is 150 cm³/mol. The minimum absolute atomic E-state index is 0.0000529. The summed E-state index contributed by atoms with van der Waals surface area (Å²) in [6, 6.07) is 19.3. The van der Waals surface area contributed by atoms with Gasteiger partial charge < -0.3 is 0 Å². The van der Waals surface area contributed by atoms with Crippen molar-refractivity contribution in [3.05, 3.63) is 103 Å². The molecule has 12 nitrogen and oxygen atoms in total. The first-order chi connectivity index (χ1) is 17.9. The summed E-state index contributed by atoms with van der Waals surface area (Å²) in [4.78, 5) is 19.6. The number of sulfonamides is 2. The zero-order valence-electron chi connectivity index (χ0n) is 19.7. The molecule has 0 unspecified atom stereocenters. The van der Waals surface area contributed by atoms with Gasteiger partial charge in [0, 0.05) is 12.1 Å². The van der Waals surface area contributed by atoms with Crippen LogP contribution in [0.15, 0.2) is 93.1 Å². The zero-order chi connectivity index (χ0) is 27.9. The van der Waals surface area contributed by atoms with Gasteiger partial charge in [0.1, 0.15) is 0 Å². The molecule has 4 rings (SSSR count). The molecule has 1 saturated heterocycles. The topological polar surface area (TPSA) is 193 Å². The number of benzene rings is 3. The quantitative estimate of drug-likeness (QED) is 0.171. The third-order valence-electron chi connectivity index (χ3n) is 5.16. The Bertz CT molecular complexity index is 1550. The normalized spacial score (nSPS) is 15.8. The number of alkyl halides is 1. The van der Waals surface area contributed by atoms with Gasteiger partial charge in [-0.3, -0.25) is 10.1 Å². The molecule has 202 valence electrons. The SMILES string of the molecule is NS(=O)(=O)c1ccc([N+](=O)[O-])cc1.O=[N+]([O-])c1ccc(S(=O)(=O)N=C2CCCCI2c2ccccc2)cc1. The molecule has 1 aliphatic heterocycles. The number of primary sulfonamides is 1. The second-order valence-electron chi connectivity index (χ2n) is 7.79. The zero-order valence-corrected chi connectivity index (χ0v) is 23.5. The first-order valence-corrected chi connectivity index (χ1v) is 17.6. The maximum absolute atomic E-state index is 12.6. The van der Waals surface area contributed by atoms with Crippen molar-refractivity contribution in [3.8, 4) is 0 Å². The number of non-ortho nitro benzene ring substituents is 2. The Morgan fingerprint density at radius 1 is 0.737 bits per heavy atom. The Balaban J connectivity index is 0.000000260. The number of nitro benzene ring substituents is 2. The molecular formula is C23H23IN4O8S2. The average molecular weight is 674 g/mol. The number of nitro groups is 2. The monoisotopic (exact) mass is 674 g/mol. The van der Waals surface area contributed by atoms with Crippen LogP contribution < -0.4 is 5.14 Å². The third-order valence-corrected chi connectivity index (χ3v) is 14.1. The molecule has 15 heteroatoms. The summed E-state index contributed by atoms with van der Waals surface area (Å²) in [5.74, 6) is 0. The van der Waals surface area contributed by atoms with E-state index in [0.29, 0.717) is 6.42 Å². The van der Waals surface area contributed by atoms with Gasteiger partial charge in [-0.15, -0.1) is 0 Å². The molecular weight excluding hydrogens is 651 g/mol. The first kappa shape index (κ1) is 29.3. The van der Waals surface area contributed by atoms with Gasteiger partial charge in [0.25, 0.3) is 5.69 Å². The molecule has 0 saturated carbocycles. The van der Waals surface area contributed by atoms with E-state index >= 15 is 0 Å². The van der Waals surface area contributed by atoms with Gasteiger partial charge in [0.15, 0.2) is 0 Å². The summed E-state index contributed by atoms with van der Waals surface area (Å²) in [5.41, 5.74) is -0.311. The van der Waals surface area contributed by atoms with Crippen LogP contribution in [-0.4, -0.2) is 34.8 Å². The van der Waals surface area contributed by atoms with Gasteiger partial charge in [-0.2, -0.15) is 0 Å². The molecule has 0 aliphatic carbocycles. The van der Waals surface area contributed by atoms with Crippen LogP contribution in [0.25, 0.3) is 0 Å². The van der Waals surface area contributed by atoms with Crippen LogP contribution in [-0.2, 0) is 20.0 Å². The fourth-order valence-electron chi connectivity index (χ4n) is 3.29. The van der Waals surface area contributed by atoms with Gasteiger partial charge >= 0.3 is 154 Å². The van der Waals surface area contributed by atoms with E-state index in [1.165, 1.54) is 27.8 Å². The third kappa shape index (κ3) is 7.86. The maximum atomic E-state index is 12.6. The van der Waals surface area contributed by atoms with Gasteiger partial charge in [0.05, 0.1) is 9.82 Å². The van der Waals surface area contributed by atoms with Crippen molar-refractivity contribution < 1.29 is 26.7 Å². The molecule has 1 aliphatic rings. The summed E-state index contributed by atoms with van der Waals surface area (Å²) < 4.78 is 53.9. The van der Waals surface area contributed by atoms with E-state index < -0.39 is 49.7 Å². The van der Waals surface area contributed by atoms with E-state index in [1.807, 2.05) is 18.2 Å². The summed E-state index contributed by atoms with van der Waals surface area (Å²) in [6.07, 6.45) is 2.78. The van der Waals surface area contributed by atoms with Crippen LogP contribution in [0.4, 0.5) is 11.4 Å². The molecule has 1 fully saturated rings. The van der Waals surface area contributed by atoms with Crippen LogP contribution in [0.5, 0.6) is 0 Å². The Hall–Kier alpha value is -3.28. The summed E-state index contributed by atoms with van der Waals surface area (Å²) in [5, 5.41) is 25.7. The van der Waals surface area contributed by atoms with Gasteiger partial charge in [-0.25, -0.2) is 13.6 Å². The first-order valence-electron chi connectivity index (χ1n) is 10.9. The molecule has 1 heterocycles. The summed E-state index contributed by atoms with van der Waals surface area (Å²) in [7, 11) is -7.61. The standard InChI is InChI=1S/C17H17IN2O4S.C6H6N2O4S/c21-20(22)15-9-11-16(12-10-15)25(23,24)19-17-8-4-5-13-18(17)14-6-2-1-3-7-14;7-13(11,12)6-3-1-5(2-4-6)8(9)10/h1-3,6-7,9-12H,4-5,8,13H2;1-4H,(H2,7,11,12). The number of hydrogen-bond donors (Lipinski definition) is 1. The molecule has 3 aromatic carbocycles. The fourth-order valence-corrected chi connectivity index (χ4v) is 11.9. The molecule has 0 bridgehead atoms. The van der Waals surface area contributed by atoms with E-state index in [1.54, 1.807) is 0 Å². The van der Waals surface area contributed by atoms with Crippen LogP contribution >= 0.6 is 19.8 Å². The van der Waals surface area contributed by atoms with Crippen molar-refractivity contribution in [2.24, 2.45) is 9.54 Å². The van der Waals surface area contributed by atoms with E-state index in [2.05, 4.69) is 16.5 Å². The average Bonchev–Trinajstić information content (AvgIpc) is 2.89. The van der Waals surface area contributed by atoms with Crippen LogP contribution in [0.1, 0.15) is 19.3 Å². The van der Waals surface area contributed by atoms with Crippen molar-refractivity contribution in [2.45, 2.75) is 29.1 Å². The summed E-state index contributed by atoms with van der Waals surface area (Å²) >= 11 is -1.79. The van der Waals surface area contributed by atoms with E-state index in [4.69, 9.17) is 5.14 Å². The van der Waals surface area contributed by atoms with Crippen molar-refractivity contribution in [1.82, 2.24) is 0 Å². The van der Waals surface area contributed by atoms with Gasteiger partial charge in [0.2, 0.25) is 10.0 Å². The number of halogens is 1. The van der Waals surface area contributed by atoms with Crippen LogP contribution in [0.3, 0.4) is 0 Å². The van der Waals surface area contributed by atoms with E-state index in [0.717, 1.165) is 45.3 Å².